The second kappa shape index (κ2) is 9.46. The highest BCUT2D eigenvalue weighted by molar-refractivity contribution is 7.70. The minimum absolute atomic E-state index is 0.0752. The molecule has 33 heavy (non-hydrogen) atoms. The summed E-state index contributed by atoms with van der Waals surface area (Å²) in [7, 11) is -9.47. The third-order valence-corrected chi connectivity index (χ3v) is 9.13. The number of imidazole rings is 1. The van der Waals surface area contributed by atoms with Crippen LogP contribution in [0.3, 0.4) is 0 Å². The van der Waals surface area contributed by atoms with Crippen molar-refractivity contribution in [3.8, 4) is 0 Å². The number of hydrogen-bond acceptors (Lipinski definition) is 10. The van der Waals surface area contributed by atoms with Crippen molar-refractivity contribution in [2.75, 3.05) is 17.8 Å². The number of anilines is 1. The summed E-state index contributed by atoms with van der Waals surface area (Å²) in [5.41, 5.74) is 0.591. The minimum Gasteiger partial charge on any atom is -0.387 e. The smallest absolute Gasteiger partial charge is 0.340 e. The van der Waals surface area contributed by atoms with Gasteiger partial charge in [0.2, 0.25) is 5.28 Å². The lowest BCUT2D eigenvalue weighted by Gasteiger charge is -2.18. The van der Waals surface area contributed by atoms with Crippen molar-refractivity contribution in [2.24, 2.45) is 0 Å². The van der Waals surface area contributed by atoms with E-state index in [1.807, 2.05) is 0 Å². The van der Waals surface area contributed by atoms with Gasteiger partial charge in [-0.05, 0) is 24.4 Å². The lowest BCUT2D eigenvalue weighted by molar-refractivity contribution is -0.0204. The van der Waals surface area contributed by atoms with Crippen LogP contribution in [-0.4, -0.2) is 81.3 Å². The topological polar surface area (TPSA) is 209 Å². The molecule has 0 radical (unpaired) electrons. The van der Waals surface area contributed by atoms with Gasteiger partial charge in [-0.2, -0.15) is 4.98 Å². The first-order chi connectivity index (χ1) is 15.4. The monoisotopic (exact) mass is 527 g/mol. The lowest BCUT2D eigenvalue weighted by atomic mass is 10.1. The second-order valence-corrected chi connectivity index (χ2v) is 12.4. The van der Waals surface area contributed by atoms with E-state index in [9.17, 15) is 24.2 Å². The van der Waals surface area contributed by atoms with Crippen LogP contribution in [0.5, 0.6) is 0 Å². The van der Waals surface area contributed by atoms with Crippen molar-refractivity contribution >= 4 is 38.3 Å². The van der Waals surface area contributed by atoms with Gasteiger partial charge >= 0.3 is 15.2 Å². The van der Waals surface area contributed by atoms with Gasteiger partial charge in [-0.25, -0.2) is 9.50 Å². The summed E-state index contributed by atoms with van der Waals surface area (Å²) in [6.07, 6.45) is 0.148. The molecule has 1 saturated carbocycles. The number of ether oxygens (including phenoxy) is 1. The average Bonchev–Trinajstić information content (AvgIpc) is 3.40. The molecule has 5 atom stereocenters. The second-order valence-electron chi connectivity index (χ2n) is 8.09. The Bertz CT molecular complexity index is 1110. The van der Waals surface area contributed by atoms with Crippen molar-refractivity contribution in [2.45, 2.75) is 56.1 Å². The van der Waals surface area contributed by atoms with Gasteiger partial charge < -0.3 is 39.5 Å². The summed E-state index contributed by atoms with van der Waals surface area (Å²) in [6.45, 7) is -0.691. The SMILES string of the molecule is O=P(O)(O)CP(=O)(O)OCC1O[C@@H](c2cnc3c(NC4CCCC4)nc(Cl)nn23)[C@H](O)[C@@H]1O. The summed E-state index contributed by atoms with van der Waals surface area (Å²) < 4.78 is 34.5. The molecular formula is C16H24ClN5O9P2. The highest BCUT2D eigenvalue weighted by Crippen LogP contribution is 2.55. The Morgan fingerprint density at radius 2 is 1.91 bits per heavy atom. The van der Waals surface area contributed by atoms with Crippen LogP contribution in [0.4, 0.5) is 5.82 Å². The predicted molar refractivity (Wildman–Crippen MR) is 114 cm³/mol. The molecule has 14 nitrogen and oxygen atoms in total. The Morgan fingerprint density at radius 3 is 2.58 bits per heavy atom. The first kappa shape index (κ1) is 24.9. The molecule has 0 spiro atoms. The van der Waals surface area contributed by atoms with Gasteiger partial charge in [-0.1, -0.05) is 12.8 Å². The maximum Gasteiger partial charge on any atom is 0.340 e. The molecule has 0 aromatic carbocycles. The van der Waals surface area contributed by atoms with Crippen LogP contribution < -0.4 is 5.32 Å². The lowest BCUT2D eigenvalue weighted by Crippen LogP contribution is -2.33. The highest BCUT2D eigenvalue weighted by Gasteiger charge is 2.46. The molecule has 2 aromatic rings. The first-order valence-electron chi connectivity index (χ1n) is 10.1. The van der Waals surface area contributed by atoms with Gasteiger partial charge in [0, 0.05) is 6.04 Å². The normalized spacial score (nSPS) is 28.4. The Hall–Kier alpha value is -1.18. The molecule has 2 unspecified atom stereocenters. The van der Waals surface area contributed by atoms with Crippen LogP contribution in [0, 0.1) is 0 Å². The van der Waals surface area contributed by atoms with Gasteiger partial charge in [0.1, 0.15) is 24.4 Å². The predicted octanol–water partition coefficient (Wildman–Crippen LogP) is 0.631. The molecule has 0 amide bonds. The Labute approximate surface area is 192 Å². The molecule has 4 rings (SSSR count). The molecule has 0 bridgehead atoms. The van der Waals surface area contributed by atoms with Crippen LogP contribution in [-0.2, 0) is 18.4 Å². The van der Waals surface area contributed by atoms with E-state index in [2.05, 4.69) is 20.4 Å². The zero-order valence-electron chi connectivity index (χ0n) is 17.1. The Kier molecular flexibility index (Phi) is 7.15. The fourth-order valence-electron chi connectivity index (χ4n) is 4.02. The van der Waals surface area contributed by atoms with Crippen molar-refractivity contribution in [3.63, 3.8) is 0 Å². The van der Waals surface area contributed by atoms with Crippen LogP contribution >= 0.6 is 26.8 Å². The van der Waals surface area contributed by atoms with E-state index >= 15 is 0 Å². The highest BCUT2D eigenvalue weighted by atomic mass is 35.5. The number of rotatable bonds is 8. The molecule has 1 aliphatic carbocycles. The molecule has 17 heteroatoms. The number of aliphatic hydroxyl groups is 2. The number of halogens is 1. The van der Waals surface area contributed by atoms with Crippen LogP contribution in [0.2, 0.25) is 5.28 Å². The van der Waals surface area contributed by atoms with Crippen molar-refractivity contribution in [1.82, 2.24) is 19.6 Å². The van der Waals surface area contributed by atoms with Gasteiger partial charge in [-0.15, -0.1) is 5.10 Å². The summed E-state index contributed by atoms with van der Waals surface area (Å²) in [5, 5.41) is 28.2. The number of hydrogen-bond donors (Lipinski definition) is 6. The van der Waals surface area contributed by atoms with E-state index in [0.717, 1.165) is 25.7 Å². The average molecular weight is 528 g/mol. The van der Waals surface area contributed by atoms with E-state index in [1.165, 1.54) is 10.7 Å². The fraction of sp³-hybridized carbons (Fsp3) is 0.688. The van der Waals surface area contributed by atoms with E-state index in [-0.39, 0.29) is 17.0 Å². The van der Waals surface area contributed by atoms with Gasteiger partial charge in [0.05, 0.1) is 18.5 Å². The third-order valence-electron chi connectivity index (χ3n) is 5.52. The molecule has 2 fully saturated rings. The van der Waals surface area contributed by atoms with Crippen molar-refractivity contribution in [3.05, 3.63) is 17.2 Å². The molecule has 3 heterocycles. The van der Waals surface area contributed by atoms with Crippen LogP contribution in [0.25, 0.3) is 5.65 Å². The van der Waals surface area contributed by atoms with Gasteiger partial charge in [0.25, 0.3) is 0 Å². The molecule has 6 N–H and O–H groups in total. The number of aromatic nitrogens is 4. The fourth-order valence-corrected chi connectivity index (χ4v) is 6.75. The Balaban J connectivity index is 1.53. The van der Waals surface area contributed by atoms with E-state index in [1.54, 1.807) is 0 Å². The minimum atomic E-state index is -4.81. The summed E-state index contributed by atoms with van der Waals surface area (Å²) in [5.74, 6) is -0.964. The summed E-state index contributed by atoms with van der Waals surface area (Å²) in [6, 6.07) is 0.221. The number of nitrogens with zero attached hydrogens (tertiary/aromatic N) is 4. The quantitative estimate of drug-likeness (QED) is 0.260. The van der Waals surface area contributed by atoms with Gasteiger partial charge in [-0.3, -0.25) is 9.13 Å². The zero-order valence-corrected chi connectivity index (χ0v) is 19.7. The van der Waals surface area contributed by atoms with Crippen molar-refractivity contribution in [1.29, 1.82) is 0 Å². The molecule has 2 aromatic heterocycles. The zero-order chi connectivity index (χ0) is 24.0. The van der Waals surface area contributed by atoms with Crippen LogP contribution in [0.1, 0.15) is 37.5 Å². The maximum atomic E-state index is 11.9. The molecule has 2 aliphatic rings. The molecule has 1 saturated heterocycles. The molecular weight excluding hydrogens is 504 g/mol. The van der Waals surface area contributed by atoms with E-state index in [0.29, 0.717) is 11.5 Å². The molecule has 184 valence electrons. The largest absolute Gasteiger partial charge is 0.387 e. The van der Waals surface area contributed by atoms with Crippen molar-refractivity contribution < 1.29 is 43.3 Å². The van der Waals surface area contributed by atoms with E-state index < -0.39 is 52.1 Å². The maximum absolute atomic E-state index is 11.9. The van der Waals surface area contributed by atoms with Crippen LogP contribution in [0.15, 0.2) is 6.20 Å². The first-order valence-corrected chi connectivity index (χ1v) is 14.1. The molecule has 1 aliphatic heterocycles. The standard InChI is InChI=1S/C16H24ClN5O9P2/c17-16-20-14(19-8-3-1-2-4-8)15-18-5-9(22(15)21-16)13-12(24)11(23)10(31-13)6-30-33(28,29)7-32(25,26)27/h5,8,10-13,23-24H,1-4,6-7H2,(H,28,29)(H,19,20,21)(H2,25,26,27)/t10?,11-,12-,13+/m1/s1. The Morgan fingerprint density at radius 1 is 1.21 bits per heavy atom. The van der Waals surface area contributed by atoms with Gasteiger partial charge in [0.15, 0.2) is 17.4 Å². The summed E-state index contributed by atoms with van der Waals surface area (Å²) in [4.78, 5) is 35.9. The number of nitrogens with one attached hydrogen (secondary N) is 1. The number of aliphatic hydroxyl groups excluding tert-OH is 2. The summed E-state index contributed by atoms with van der Waals surface area (Å²) >= 11 is 6.09. The van der Waals surface area contributed by atoms with E-state index in [4.69, 9.17) is 30.6 Å². The number of fused-ring (bicyclic) bond motifs is 1. The third kappa shape index (κ3) is 5.73.